The van der Waals surface area contributed by atoms with Crippen LogP contribution in [0.25, 0.3) is 0 Å². The van der Waals surface area contributed by atoms with Crippen LogP contribution in [0.3, 0.4) is 0 Å². The van der Waals surface area contributed by atoms with Gasteiger partial charge >= 0.3 is 0 Å². The first-order valence-electron chi connectivity index (χ1n) is 8.51. The lowest BCUT2D eigenvalue weighted by atomic mass is 10.1. The molecule has 2 aromatic rings. The molecule has 0 aliphatic rings. The van der Waals surface area contributed by atoms with Gasteiger partial charge in [0.25, 0.3) is 0 Å². The Hall–Kier alpha value is -1.66. The normalized spacial score (nSPS) is 10.7. The zero-order valence-corrected chi connectivity index (χ0v) is 16.5. The van der Waals surface area contributed by atoms with Crippen molar-refractivity contribution in [2.75, 3.05) is 11.9 Å². The number of carbonyl (C=O) groups excluding carboxylic acids is 1. The van der Waals surface area contributed by atoms with Crippen molar-refractivity contribution in [2.24, 2.45) is 0 Å². The van der Waals surface area contributed by atoms with E-state index in [1.807, 2.05) is 26.0 Å². The van der Waals surface area contributed by atoms with Gasteiger partial charge in [0.1, 0.15) is 10.8 Å². The second kappa shape index (κ2) is 9.73. The maximum atomic E-state index is 12.0. The number of nitrogens with one attached hydrogen (secondary N) is 1. The lowest BCUT2D eigenvalue weighted by Crippen LogP contribution is -2.12. The fourth-order valence-electron chi connectivity index (χ4n) is 2.33. The van der Waals surface area contributed by atoms with Crippen molar-refractivity contribution in [3.8, 4) is 5.75 Å². The van der Waals surface area contributed by atoms with Crippen LogP contribution in [-0.4, -0.2) is 22.7 Å². The van der Waals surface area contributed by atoms with E-state index in [0.29, 0.717) is 24.6 Å². The molecule has 1 aromatic heterocycles. The summed E-state index contributed by atoms with van der Waals surface area (Å²) in [5.74, 6) is 0.717. The number of hydrogen-bond acceptors (Lipinski definition) is 5. The summed E-state index contributed by atoms with van der Waals surface area (Å²) in [4.78, 5) is 12.0. The molecule has 0 radical (unpaired) electrons. The number of hydrogen-bond donors (Lipinski definition) is 1. The average Bonchev–Trinajstić information content (AvgIpc) is 3.01. The summed E-state index contributed by atoms with van der Waals surface area (Å²) in [6.45, 7) is 6.52. The number of anilines is 1. The van der Waals surface area contributed by atoms with Gasteiger partial charge in [-0.1, -0.05) is 36.3 Å². The van der Waals surface area contributed by atoms with Crippen molar-refractivity contribution in [3.05, 3.63) is 33.3 Å². The fourth-order valence-corrected chi connectivity index (χ4v) is 3.23. The maximum Gasteiger partial charge on any atom is 0.226 e. The fraction of sp³-hybridized carbons (Fsp3) is 0.500. The second-order valence-electron chi connectivity index (χ2n) is 5.98. The molecule has 0 fully saturated rings. The van der Waals surface area contributed by atoms with E-state index in [1.54, 1.807) is 0 Å². The van der Waals surface area contributed by atoms with Crippen LogP contribution in [0.1, 0.15) is 48.7 Å². The van der Waals surface area contributed by atoms with Gasteiger partial charge in [0.05, 0.1) is 6.61 Å². The molecule has 0 spiro atoms. The zero-order chi connectivity index (χ0) is 18.2. The number of nitrogens with zero attached hydrogens (tertiary/aromatic N) is 2. The van der Waals surface area contributed by atoms with Gasteiger partial charge in [0, 0.05) is 17.9 Å². The predicted octanol–water partition coefficient (Wildman–Crippen LogP) is 4.95. The highest BCUT2D eigenvalue weighted by atomic mass is 35.5. The number of ether oxygens (including phenoxy) is 1. The molecule has 0 saturated heterocycles. The molecule has 0 atom stereocenters. The van der Waals surface area contributed by atoms with Crippen LogP contribution >= 0.6 is 22.9 Å². The monoisotopic (exact) mass is 381 g/mol. The van der Waals surface area contributed by atoms with Crippen molar-refractivity contribution in [1.29, 1.82) is 0 Å². The molecular weight excluding hydrogens is 358 g/mol. The van der Waals surface area contributed by atoms with Gasteiger partial charge in [0.2, 0.25) is 11.0 Å². The molecule has 0 bridgehead atoms. The van der Waals surface area contributed by atoms with E-state index in [9.17, 15) is 4.79 Å². The van der Waals surface area contributed by atoms with Gasteiger partial charge in [-0.2, -0.15) is 0 Å². The number of aryl methyl sites for hydroxylation is 3. The van der Waals surface area contributed by atoms with Crippen LogP contribution in [0.4, 0.5) is 5.13 Å². The van der Waals surface area contributed by atoms with E-state index in [4.69, 9.17) is 16.3 Å². The first-order valence-corrected chi connectivity index (χ1v) is 9.70. The maximum absolute atomic E-state index is 12.0. The summed E-state index contributed by atoms with van der Waals surface area (Å²) in [6, 6.07) is 3.82. The van der Waals surface area contributed by atoms with Gasteiger partial charge in [-0.25, -0.2) is 0 Å². The number of rotatable bonds is 9. The molecule has 0 saturated carbocycles. The van der Waals surface area contributed by atoms with E-state index in [1.165, 1.54) is 11.3 Å². The van der Waals surface area contributed by atoms with Crippen molar-refractivity contribution in [2.45, 2.75) is 52.9 Å². The molecule has 1 aromatic carbocycles. The first-order chi connectivity index (χ1) is 12.0. The third kappa shape index (κ3) is 6.29. The highest BCUT2D eigenvalue weighted by Gasteiger charge is 2.08. The topological polar surface area (TPSA) is 64.1 Å². The molecule has 25 heavy (non-hydrogen) atoms. The molecular formula is C18H24ClN3O2S. The largest absolute Gasteiger partial charge is 0.494 e. The lowest BCUT2D eigenvalue weighted by molar-refractivity contribution is -0.116. The van der Waals surface area contributed by atoms with Crippen LogP contribution in [-0.2, 0) is 11.2 Å². The number of unbranched alkanes of at least 4 members (excludes halogenated alkanes) is 1. The third-order valence-electron chi connectivity index (χ3n) is 3.68. The Kier molecular flexibility index (Phi) is 7.65. The van der Waals surface area contributed by atoms with Gasteiger partial charge in [-0.05, 0) is 49.9 Å². The molecule has 7 heteroatoms. The molecule has 1 heterocycles. The van der Waals surface area contributed by atoms with Crippen LogP contribution in [0.2, 0.25) is 5.02 Å². The Labute approximate surface area is 157 Å². The summed E-state index contributed by atoms with van der Waals surface area (Å²) in [6.07, 6.45) is 4.14. The molecule has 5 nitrogen and oxygen atoms in total. The van der Waals surface area contributed by atoms with Gasteiger partial charge < -0.3 is 10.1 Å². The number of amides is 1. The van der Waals surface area contributed by atoms with Gasteiger partial charge in [-0.3, -0.25) is 4.79 Å². The standard InChI is InChI=1S/C18H24ClN3O2S/c1-4-5-8-16-21-22-18(25-16)20-15(23)7-6-9-24-14-10-12(2)17(19)13(3)11-14/h10-11H,4-9H2,1-3H3,(H,20,22,23). The molecule has 2 rings (SSSR count). The number of carbonyl (C=O) groups is 1. The number of aromatic nitrogens is 2. The van der Waals surface area contributed by atoms with Crippen molar-refractivity contribution < 1.29 is 9.53 Å². The van der Waals surface area contributed by atoms with E-state index in [-0.39, 0.29) is 5.91 Å². The Bertz CT molecular complexity index is 695. The van der Waals surface area contributed by atoms with Crippen LogP contribution < -0.4 is 10.1 Å². The van der Waals surface area contributed by atoms with Crippen LogP contribution in [0, 0.1) is 13.8 Å². The molecule has 0 aliphatic carbocycles. The predicted molar refractivity (Wildman–Crippen MR) is 103 cm³/mol. The summed E-state index contributed by atoms with van der Waals surface area (Å²) in [5.41, 5.74) is 1.98. The number of benzene rings is 1. The van der Waals surface area contributed by atoms with E-state index in [0.717, 1.165) is 46.2 Å². The van der Waals surface area contributed by atoms with Crippen LogP contribution in [0.15, 0.2) is 12.1 Å². The van der Waals surface area contributed by atoms with Gasteiger partial charge in [0.15, 0.2) is 0 Å². The van der Waals surface area contributed by atoms with Crippen molar-refractivity contribution in [1.82, 2.24) is 10.2 Å². The zero-order valence-electron chi connectivity index (χ0n) is 14.9. The summed E-state index contributed by atoms with van der Waals surface area (Å²) in [5, 5.41) is 13.2. The minimum Gasteiger partial charge on any atom is -0.494 e. The van der Waals surface area contributed by atoms with E-state index in [2.05, 4.69) is 22.4 Å². The minimum absolute atomic E-state index is 0.0646. The Balaban J connectivity index is 1.71. The third-order valence-corrected chi connectivity index (χ3v) is 5.18. The average molecular weight is 382 g/mol. The molecule has 0 aliphatic heterocycles. The van der Waals surface area contributed by atoms with Crippen molar-refractivity contribution in [3.63, 3.8) is 0 Å². The summed E-state index contributed by atoms with van der Waals surface area (Å²) >= 11 is 7.58. The second-order valence-corrected chi connectivity index (χ2v) is 7.42. The molecule has 136 valence electrons. The molecule has 1 amide bonds. The molecule has 0 unspecified atom stereocenters. The smallest absolute Gasteiger partial charge is 0.226 e. The minimum atomic E-state index is -0.0646. The van der Waals surface area contributed by atoms with Crippen molar-refractivity contribution >= 4 is 34.0 Å². The van der Waals surface area contributed by atoms with Gasteiger partial charge in [-0.15, -0.1) is 10.2 Å². The quantitative estimate of drug-likeness (QED) is 0.624. The highest BCUT2D eigenvalue weighted by molar-refractivity contribution is 7.15. The Morgan fingerprint density at radius 3 is 2.64 bits per heavy atom. The van der Waals surface area contributed by atoms with Crippen LogP contribution in [0.5, 0.6) is 5.75 Å². The summed E-state index contributed by atoms with van der Waals surface area (Å²) in [7, 11) is 0. The van der Waals surface area contributed by atoms with E-state index >= 15 is 0 Å². The lowest BCUT2D eigenvalue weighted by Gasteiger charge is -2.09. The first kappa shape index (κ1) is 19.7. The van der Waals surface area contributed by atoms with E-state index < -0.39 is 0 Å². The highest BCUT2D eigenvalue weighted by Crippen LogP contribution is 2.26. The Morgan fingerprint density at radius 2 is 1.96 bits per heavy atom. The summed E-state index contributed by atoms with van der Waals surface area (Å²) < 4.78 is 5.71. The Morgan fingerprint density at radius 1 is 1.24 bits per heavy atom. The SMILES string of the molecule is CCCCc1nnc(NC(=O)CCCOc2cc(C)c(Cl)c(C)c2)s1. The molecule has 1 N–H and O–H groups in total. The number of halogens is 1.